The van der Waals surface area contributed by atoms with E-state index in [-0.39, 0.29) is 49.5 Å². The molecule has 8 nitrogen and oxygen atoms in total. The zero-order valence-electron chi connectivity index (χ0n) is 14.5. The fourth-order valence-electron chi connectivity index (χ4n) is 2.59. The van der Waals surface area contributed by atoms with Gasteiger partial charge in [0.05, 0.1) is 24.6 Å². The maximum atomic E-state index is 11.9. The first-order chi connectivity index (χ1) is 11.8. The number of aromatic hydroxyl groups is 1. The Kier molecular flexibility index (Phi) is 7.88. The number of nitrogens with one attached hydrogen (secondary N) is 2. The molecular weight excluding hydrogens is 364 g/mol. The minimum Gasteiger partial charge on any atom is -0.506 e. The smallest absolute Gasteiger partial charge is 0.354 e. The van der Waals surface area contributed by atoms with Crippen LogP contribution in [0.25, 0.3) is 10.9 Å². The number of halogens is 1. The summed E-state index contributed by atoms with van der Waals surface area (Å²) < 4.78 is 4.93. The molecule has 0 aliphatic carbocycles. The molecule has 2 rings (SSSR count). The molecule has 0 aliphatic heterocycles. The van der Waals surface area contributed by atoms with Crippen molar-refractivity contribution in [2.45, 2.75) is 32.4 Å². The molecule has 2 atom stereocenters. The van der Waals surface area contributed by atoms with Crippen molar-refractivity contribution >= 4 is 35.2 Å². The second-order valence-electron chi connectivity index (χ2n) is 5.79. The van der Waals surface area contributed by atoms with Gasteiger partial charge in [-0.3, -0.25) is 4.79 Å². The molecule has 2 unspecified atom stereocenters. The number of esters is 1. The molecule has 0 saturated heterocycles. The van der Waals surface area contributed by atoms with E-state index in [1.54, 1.807) is 19.9 Å². The van der Waals surface area contributed by atoms with Crippen molar-refractivity contribution in [2.24, 2.45) is 0 Å². The van der Waals surface area contributed by atoms with Gasteiger partial charge in [0.25, 0.3) is 0 Å². The minimum absolute atomic E-state index is 0. The summed E-state index contributed by atoms with van der Waals surface area (Å²) in [5.41, 5.74) is 1.02. The Morgan fingerprint density at radius 1 is 1.35 bits per heavy atom. The lowest BCUT2D eigenvalue weighted by atomic mass is 10.0. The maximum Gasteiger partial charge on any atom is 0.354 e. The number of carboxylic acid groups (broad SMARTS) is 1. The van der Waals surface area contributed by atoms with Crippen LogP contribution in [0.3, 0.4) is 0 Å². The summed E-state index contributed by atoms with van der Waals surface area (Å²) in [6.07, 6.45) is -1.00. The Labute approximate surface area is 156 Å². The van der Waals surface area contributed by atoms with Crippen LogP contribution < -0.4 is 5.32 Å². The van der Waals surface area contributed by atoms with Gasteiger partial charge in [-0.05, 0) is 31.5 Å². The maximum absolute atomic E-state index is 11.9. The predicted molar refractivity (Wildman–Crippen MR) is 97.8 cm³/mol. The number of rotatable bonds is 8. The summed E-state index contributed by atoms with van der Waals surface area (Å²) in [5.74, 6) is -1.52. The van der Waals surface area contributed by atoms with Gasteiger partial charge in [-0.15, -0.1) is 12.4 Å². The summed E-state index contributed by atoms with van der Waals surface area (Å²) in [6, 6.07) is 4.20. The van der Waals surface area contributed by atoms with E-state index in [9.17, 15) is 19.8 Å². The Balaban J connectivity index is 0.00000338. The van der Waals surface area contributed by atoms with Crippen molar-refractivity contribution in [1.82, 2.24) is 10.3 Å². The number of aliphatic hydroxyl groups is 1. The molecule has 5 N–H and O–H groups in total. The highest BCUT2D eigenvalue weighted by atomic mass is 35.5. The van der Waals surface area contributed by atoms with Crippen LogP contribution >= 0.6 is 12.4 Å². The number of carbonyl (C=O) groups excluding carboxylic acids is 1. The van der Waals surface area contributed by atoms with Crippen molar-refractivity contribution in [2.75, 3.05) is 13.2 Å². The van der Waals surface area contributed by atoms with E-state index in [0.717, 1.165) is 0 Å². The molecule has 1 aromatic heterocycles. The lowest BCUT2D eigenvalue weighted by Crippen LogP contribution is -2.32. The first-order valence-corrected chi connectivity index (χ1v) is 7.98. The summed E-state index contributed by atoms with van der Waals surface area (Å²) in [6.45, 7) is 3.76. The molecule has 0 bridgehead atoms. The summed E-state index contributed by atoms with van der Waals surface area (Å²) in [5, 5.41) is 32.6. The van der Waals surface area contributed by atoms with Crippen molar-refractivity contribution in [3.05, 3.63) is 29.5 Å². The SMILES string of the molecule is CCOC(=O)c1cc2c(C(O)CNC(C)CC(=O)O)ccc(O)c2[nH]1.Cl. The molecule has 0 saturated carbocycles. The largest absolute Gasteiger partial charge is 0.506 e. The first-order valence-electron chi connectivity index (χ1n) is 7.98. The van der Waals surface area contributed by atoms with Crippen molar-refractivity contribution in [3.63, 3.8) is 0 Å². The zero-order valence-corrected chi connectivity index (χ0v) is 15.3. The number of hydrogen-bond acceptors (Lipinski definition) is 6. The van der Waals surface area contributed by atoms with E-state index in [4.69, 9.17) is 9.84 Å². The number of benzene rings is 1. The van der Waals surface area contributed by atoms with Crippen molar-refractivity contribution in [1.29, 1.82) is 0 Å². The number of H-pyrrole nitrogens is 1. The van der Waals surface area contributed by atoms with Crippen molar-refractivity contribution in [3.8, 4) is 5.75 Å². The van der Waals surface area contributed by atoms with Crippen LogP contribution in [-0.2, 0) is 9.53 Å². The average molecular weight is 387 g/mol. The van der Waals surface area contributed by atoms with Gasteiger partial charge >= 0.3 is 11.9 Å². The number of aliphatic carboxylic acids is 1. The fraction of sp³-hybridized carbons (Fsp3) is 0.412. The zero-order chi connectivity index (χ0) is 18.6. The summed E-state index contributed by atoms with van der Waals surface area (Å²) in [4.78, 5) is 25.3. The number of hydrogen-bond donors (Lipinski definition) is 5. The fourth-order valence-corrected chi connectivity index (χ4v) is 2.59. The summed E-state index contributed by atoms with van der Waals surface area (Å²) >= 11 is 0. The molecule has 0 radical (unpaired) electrons. The lowest BCUT2D eigenvalue weighted by molar-refractivity contribution is -0.137. The molecule has 144 valence electrons. The third-order valence-corrected chi connectivity index (χ3v) is 3.80. The van der Waals surface area contributed by atoms with E-state index in [1.807, 2.05) is 0 Å². The Bertz CT molecular complexity index is 776. The molecule has 0 amide bonds. The van der Waals surface area contributed by atoms with Gasteiger partial charge < -0.3 is 30.4 Å². The van der Waals surface area contributed by atoms with Crippen LogP contribution in [0.1, 0.15) is 42.4 Å². The topological polar surface area (TPSA) is 132 Å². The molecule has 26 heavy (non-hydrogen) atoms. The number of fused-ring (bicyclic) bond motifs is 1. The quantitative estimate of drug-likeness (QED) is 0.438. The van der Waals surface area contributed by atoms with Gasteiger partial charge in [-0.2, -0.15) is 0 Å². The lowest BCUT2D eigenvalue weighted by Gasteiger charge is -2.17. The highest BCUT2D eigenvalue weighted by molar-refractivity contribution is 5.98. The molecule has 1 heterocycles. The van der Waals surface area contributed by atoms with Crippen LogP contribution in [0.5, 0.6) is 5.75 Å². The second kappa shape index (κ2) is 9.42. The Morgan fingerprint density at radius 2 is 2.04 bits per heavy atom. The number of aromatic amines is 1. The molecule has 0 spiro atoms. The van der Waals surface area contributed by atoms with E-state index in [0.29, 0.717) is 16.5 Å². The summed E-state index contributed by atoms with van der Waals surface area (Å²) in [7, 11) is 0. The average Bonchev–Trinajstić information content (AvgIpc) is 2.99. The minimum atomic E-state index is -0.940. The molecule has 1 aromatic carbocycles. The normalized spacial score (nSPS) is 13.0. The molecule has 0 aliphatic rings. The Morgan fingerprint density at radius 3 is 2.65 bits per heavy atom. The highest BCUT2D eigenvalue weighted by Gasteiger charge is 2.19. The van der Waals surface area contributed by atoms with E-state index in [1.165, 1.54) is 12.1 Å². The van der Waals surface area contributed by atoms with Gasteiger partial charge in [0.15, 0.2) is 0 Å². The van der Waals surface area contributed by atoms with E-state index >= 15 is 0 Å². The van der Waals surface area contributed by atoms with Gasteiger partial charge in [0.1, 0.15) is 11.4 Å². The second-order valence-corrected chi connectivity index (χ2v) is 5.79. The number of aromatic nitrogens is 1. The number of ether oxygens (including phenoxy) is 1. The molecular formula is C17H23ClN2O6. The van der Waals surface area contributed by atoms with Gasteiger partial charge in [0, 0.05) is 18.0 Å². The van der Waals surface area contributed by atoms with E-state index in [2.05, 4.69) is 10.3 Å². The van der Waals surface area contributed by atoms with Gasteiger partial charge in [0.2, 0.25) is 0 Å². The van der Waals surface area contributed by atoms with Crippen LogP contribution in [0.15, 0.2) is 18.2 Å². The third-order valence-electron chi connectivity index (χ3n) is 3.80. The van der Waals surface area contributed by atoms with Gasteiger partial charge in [-0.25, -0.2) is 4.79 Å². The number of carbonyl (C=O) groups is 2. The van der Waals surface area contributed by atoms with Crippen LogP contribution in [0, 0.1) is 0 Å². The number of phenols is 1. The predicted octanol–water partition coefficient (Wildman–Crippen LogP) is 1.96. The van der Waals surface area contributed by atoms with Crippen LogP contribution in [0.2, 0.25) is 0 Å². The monoisotopic (exact) mass is 386 g/mol. The number of carboxylic acids is 1. The van der Waals surface area contributed by atoms with Crippen LogP contribution in [-0.4, -0.2) is 51.4 Å². The van der Waals surface area contributed by atoms with E-state index < -0.39 is 18.0 Å². The number of aliphatic hydroxyl groups excluding tert-OH is 1. The standard InChI is InChI=1S/C17H22N2O6.ClH/c1-3-25-17(24)12-7-11-10(4-5-13(20)16(11)19-12)14(21)8-18-9(2)6-15(22)23;/h4-5,7,9,14,18-21H,3,6,8H2,1-2H3,(H,22,23);1H. The first kappa shape index (κ1) is 21.8. The molecule has 0 fully saturated rings. The highest BCUT2D eigenvalue weighted by Crippen LogP contribution is 2.31. The number of phenolic OH excluding ortho intramolecular Hbond substituents is 1. The van der Waals surface area contributed by atoms with Crippen LogP contribution in [0.4, 0.5) is 0 Å². The third kappa shape index (κ3) is 5.10. The van der Waals surface area contributed by atoms with Gasteiger partial charge in [-0.1, -0.05) is 6.07 Å². The van der Waals surface area contributed by atoms with Crippen molar-refractivity contribution < 1.29 is 29.6 Å². The molecule has 2 aromatic rings. The Hall–Kier alpha value is -2.29. The molecule has 9 heteroatoms.